The van der Waals surface area contributed by atoms with E-state index in [0.29, 0.717) is 11.5 Å². The van der Waals surface area contributed by atoms with Gasteiger partial charge in [-0.25, -0.2) is 0 Å². The van der Waals surface area contributed by atoms with Crippen LogP contribution in [-0.2, 0) is 6.61 Å². The van der Waals surface area contributed by atoms with Crippen LogP contribution in [0.25, 0.3) is 11.5 Å². The number of rotatable bonds is 2. The fourth-order valence-electron chi connectivity index (χ4n) is 1.33. The van der Waals surface area contributed by atoms with E-state index in [1.807, 2.05) is 26.0 Å². The highest BCUT2D eigenvalue weighted by molar-refractivity contribution is 5.53. The van der Waals surface area contributed by atoms with E-state index in [0.717, 1.165) is 17.0 Å². The summed E-state index contributed by atoms with van der Waals surface area (Å²) < 4.78 is 5.47. The van der Waals surface area contributed by atoms with Gasteiger partial charge in [0, 0.05) is 5.56 Å². The molecule has 0 amide bonds. The zero-order valence-electron chi connectivity index (χ0n) is 8.69. The number of nitrogens with zero attached hydrogens (tertiary/aromatic N) is 2. The fourth-order valence-corrected chi connectivity index (χ4v) is 1.33. The fraction of sp³-hybridized carbons (Fsp3) is 0.273. The minimum absolute atomic E-state index is 0.0192. The van der Waals surface area contributed by atoms with Crippen LogP contribution in [0.3, 0.4) is 0 Å². The molecule has 2 rings (SSSR count). The Morgan fingerprint density at radius 3 is 2.60 bits per heavy atom. The van der Waals surface area contributed by atoms with Crippen LogP contribution < -0.4 is 0 Å². The van der Waals surface area contributed by atoms with Crippen LogP contribution in [0.1, 0.15) is 17.0 Å². The van der Waals surface area contributed by atoms with Crippen LogP contribution in [0, 0.1) is 13.8 Å². The summed E-state index contributed by atoms with van der Waals surface area (Å²) in [5, 5.41) is 17.0. The minimum atomic E-state index is -0.0192. The Balaban J connectivity index is 2.41. The zero-order valence-corrected chi connectivity index (χ0v) is 8.69. The average molecular weight is 204 g/mol. The predicted molar refractivity (Wildman–Crippen MR) is 55.1 cm³/mol. The monoisotopic (exact) mass is 204 g/mol. The van der Waals surface area contributed by atoms with Crippen molar-refractivity contribution in [3.05, 3.63) is 35.2 Å². The molecular weight excluding hydrogens is 192 g/mol. The molecule has 0 aliphatic rings. The second kappa shape index (κ2) is 3.82. The molecule has 4 heteroatoms. The lowest BCUT2D eigenvalue weighted by molar-refractivity contribution is 0.279. The smallest absolute Gasteiger partial charge is 0.154 e. The third-order valence-electron chi connectivity index (χ3n) is 2.24. The van der Waals surface area contributed by atoms with Crippen molar-refractivity contribution < 1.29 is 9.52 Å². The molecule has 0 aliphatic heterocycles. The van der Waals surface area contributed by atoms with Crippen molar-refractivity contribution in [3.8, 4) is 11.5 Å². The molecule has 2 aromatic rings. The highest BCUT2D eigenvalue weighted by atomic mass is 16.3. The quantitative estimate of drug-likeness (QED) is 0.810. The molecule has 2 aromatic heterocycles. The van der Waals surface area contributed by atoms with Gasteiger partial charge in [-0.3, -0.25) is 0 Å². The molecular formula is C11H12N2O2. The van der Waals surface area contributed by atoms with Gasteiger partial charge in [0.2, 0.25) is 0 Å². The molecule has 2 heterocycles. The Labute approximate surface area is 87.6 Å². The Kier molecular flexibility index (Phi) is 2.51. The summed E-state index contributed by atoms with van der Waals surface area (Å²) in [5.41, 5.74) is 2.33. The van der Waals surface area contributed by atoms with E-state index >= 15 is 0 Å². The summed E-state index contributed by atoms with van der Waals surface area (Å²) in [7, 11) is 0. The first-order chi connectivity index (χ1) is 7.20. The molecule has 78 valence electrons. The first-order valence-corrected chi connectivity index (χ1v) is 4.71. The molecule has 4 nitrogen and oxygen atoms in total. The molecule has 0 fully saturated rings. The standard InChI is InChI=1S/C11H12N2O2/c1-7-3-4-10(13-12-7)11-5-9(6-14)8(2)15-11/h3-5,14H,6H2,1-2H3. The predicted octanol–water partition coefficient (Wildman–Crippen LogP) is 1.85. The average Bonchev–Trinajstić information content (AvgIpc) is 2.61. The summed E-state index contributed by atoms with van der Waals surface area (Å²) in [6.07, 6.45) is 0. The van der Waals surface area contributed by atoms with Crippen molar-refractivity contribution in [2.24, 2.45) is 0 Å². The summed E-state index contributed by atoms with van der Waals surface area (Å²) in [5.74, 6) is 1.36. The Morgan fingerprint density at radius 2 is 2.07 bits per heavy atom. The Hall–Kier alpha value is -1.68. The van der Waals surface area contributed by atoms with Gasteiger partial charge >= 0.3 is 0 Å². The summed E-state index contributed by atoms with van der Waals surface area (Å²) in [4.78, 5) is 0. The van der Waals surface area contributed by atoms with Gasteiger partial charge in [0.05, 0.1) is 12.3 Å². The molecule has 0 aromatic carbocycles. The van der Waals surface area contributed by atoms with Gasteiger partial charge in [-0.1, -0.05) is 0 Å². The van der Waals surface area contributed by atoms with Gasteiger partial charge in [0.25, 0.3) is 0 Å². The van der Waals surface area contributed by atoms with E-state index in [1.165, 1.54) is 0 Å². The lowest BCUT2D eigenvalue weighted by Gasteiger charge is -1.94. The van der Waals surface area contributed by atoms with E-state index in [9.17, 15) is 0 Å². The minimum Gasteiger partial charge on any atom is -0.459 e. The maximum atomic E-state index is 9.03. The van der Waals surface area contributed by atoms with Crippen LogP contribution in [0.15, 0.2) is 22.6 Å². The third kappa shape index (κ3) is 1.89. The second-order valence-electron chi connectivity index (χ2n) is 3.41. The first-order valence-electron chi connectivity index (χ1n) is 4.71. The third-order valence-corrected chi connectivity index (χ3v) is 2.24. The lowest BCUT2D eigenvalue weighted by atomic mass is 10.2. The SMILES string of the molecule is Cc1ccc(-c2cc(CO)c(C)o2)nn1. The van der Waals surface area contributed by atoms with E-state index in [2.05, 4.69) is 10.2 Å². The molecule has 1 N–H and O–H groups in total. The van der Waals surface area contributed by atoms with Gasteiger partial charge in [-0.05, 0) is 32.0 Å². The molecule has 0 saturated carbocycles. The van der Waals surface area contributed by atoms with E-state index in [4.69, 9.17) is 9.52 Å². The van der Waals surface area contributed by atoms with Gasteiger partial charge in [0.15, 0.2) is 5.76 Å². The molecule has 0 aliphatic carbocycles. The second-order valence-corrected chi connectivity index (χ2v) is 3.41. The van der Waals surface area contributed by atoms with Crippen LogP contribution in [-0.4, -0.2) is 15.3 Å². The van der Waals surface area contributed by atoms with Crippen molar-refractivity contribution >= 4 is 0 Å². The first kappa shape index (κ1) is 9.86. The number of aryl methyl sites for hydroxylation is 2. The van der Waals surface area contributed by atoms with Crippen LogP contribution in [0.2, 0.25) is 0 Å². The van der Waals surface area contributed by atoms with Gasteiger partial charge < -0.3 is 9.52 Å². The van der Waals surface area contributed by atoms with Gasteiger partial charge in [-0.15, -0.1) is 5.10 Å². The summed E-state index contributed by atoms with van der Waals surface area (Å²) in [6, 6.07) is 5.51. The molecule has 0 radical (unpaired) electrons. The van der Waals surface area contributed by atoms with Crippen molar-refractivity contribution in [3.63, 3.8) is 0 Å². The molecule has 0 bridgehead atoms. The Morgan fingerprint density at radius 1 is 1.27 bits per heavy atom. The van der Waals surface area contributed by atoms with E-state index in [-0.39, 0.29) is 6.61 Å². The van der Waals surface area contributed by atoms with Crippen LogP contribution in [0.4, 0.5) is 0 Å². The summed E-state index contributed by atoms with van der Waals surface area (Å²) >= 11 is 0. The normalized spacial score (nSPS) is 10.6. The van der Waals surface area contributed by atoms with Crippen molar-refractivity contribution in [2.75, 3.05) is 0 Å². The zero-order chi connectivity index (χ0) is 10.8. The van der Waals surface area contributed by atoms with Crippen LogP contribution >= 0.6 is 0 Å². The maximum absolute atomic E-state index is 9.03. The maximum Gasteiger partial charge on any atom is 0.154 e. The molecule has 15 heavy (non-hydrogen) atoms. The highest BCUT2D eigenvalue weighted by Gasteiger charge is 2.09. The highest BCUT2D eigenvalue weighted by Crippen LogP contribution is 2.23. The topological polar surface area (TPSA) is 59.2 Å². The largest absolute Gasteiger partial charge is 0.459 e. The number of hydrogen-bond acceptors (Lipinski definition) is 4. The summed E-state index contributed by atoms with van der Waals surface area (Å²) in [6.45, 7) is 3.68. The van der Waals surface area contributed by atoms with Gasteiger partial charge in [0.1, 0.15) is 11.5 Å². The number of hydrogen-bond donors (Lipinski definition) is 1. The molecule has 0 unspecified atom stereocenters. The van der Waals surface area contributed by atoms with E-state index in [1.54, 1.807) is 6.07 Å². The number of aromatic nitrogens is 2. The van der Waals surface area contributed by atoms with E-state index < -0.39 is 0 Å². The Bertz CT molecular complexity index is 460. The number of aliphatic hydroxyl groups is 1. The molecule has 0 spiro atoms. The van der Waals surface area contributed by atoms with Crippen molar-refractivity contribution in [1.82, 2.24) is 10.2 Å². The molecule has 0 atom stereocenters. The molecule has 0 saturated heterocycles. The van der Waals surface area contributed by atoms with Gasteiger partial charge in [-0.2, -0.15) is 5.10 Å². The number of aliphatic hydroxyl groups excluding tert-OH is 1. The van der Waals surface area contributed by atoms with Crippen molar-refractivity contribution in [1.29, 1.82) is 0 Å². The number of furan rings is 1. The lowest BCUT2D eigenvalue weighted by Crippen LogP contribution is -1.87. The van der Waals surface area contributed by atoms with Crippen LogP contribution in [0.5, 0.6) is 0 Å². The van der Waals surface area contributed by atoms with Crippen molar-refractivity contribution in [2.45, 2.75) is 20.5 Å².